The number of para-hydroxylation sites is 4. The Labute approximate surface area is 222 Å². The smallest absolute Gasteiger partial charge is 0.0629 e. The van der Waals surface area contributed by atoms with E-state index in [0.717, 1.165) is 6.42 Å². The molecule has 38 heavy (non-hydrogen) atoms. The van der Waals surface area contributed by atoms with Crippen LogP contribution in [-0.2, 0) is 0 Å². The van der Waals surface area contributed by atoms with Gasteiger partial charge in [0.05, 0.1) is 11.6 Å². The van der Waals surface area contributed by atoms with Gasteiger partial charge in [-0.1, -0.05) is 103 Å². The van der Waals surface area contributed by atoms with E-state index in [9.17, 15) is 0 Å². The summed E-state index contributed by atoms with van der Waals surface area (Å²) in [5, 5.41) is 4.00. The maximum Gasteiger partial charge on any atom is 0.0629 e. The maximum absolute atomic E-state index is 2.54. The molecule has 8 rings (SSSR count). The zero-order valence-electron chi connectivity index (χ0n) is 21.1. The topological polar surface area (TPSA) is 8.17 Å². The van der Waals surface area contributed by atoms with Crippen molar-refractivity contribution in [3.63, 3.8) is 0 Å². The first-order chi connectivity index (χ1) is 18.9. The van der Waals surface area contributed by atoms with Gasteiger partial charge in [-0.3, -0.25) is 0 Å². The van der Waals surface area contributed by atoms with Crippen LogP contribution in [0.15, 0.2) is 133 Å². The molecule has 1 aromatic heterocycles. The van der Waals surface area contributed by atoms with Crippen molar-refractivity contribution in [2.45, 2.75) is 18.4 Å². The first-order valence-electron chi connectivity index (χ1n) is 13.6. The summed E-state index contributed by atoms with van der Waals surface area (Å²) in [5.41, 5.74) is 7.91. The number of benzene rings is 4. The summed E-state index contributed by atoms with van der Waals surface area (Å²) in [4.78, 5) is 2.51. The van der Waals surface area contributed by atoms with Crippen molar-refractivity contribution in [2.24, 2.45) is 5.92 Å². The summed E-state index contributed by atoms with van der Waals surface area (Å²) in [7, 11) is 0. The molecule has 4 aromatic carbocycles. The van der Waals surface area contributed by atoms with Crippen LogP contribution >= 0.6 is 0 Å². The van der Waals surface area contributed by atoms with Crippen molar-refractivity contribution < 1.29 is 0 Å². The van der Waals surface area contributed by atoms with Crippen molar-refractivity contribution in [2.75, 3.05) is 4.90 Å². The molecule has 1 aliphatic heterocycles. The van der Waals surface area contributed by atoms with Gasteiger partial charge in [-0.25, -0.2) is 0 Å². The van der Waals surface area contributed by atoms with Crippen LogP contribution in [0.3, 0.4) is 0 Å². The van der Waals surface area contributed by atoms with E-state index < -0.39 is 0 Å². The number of rotatable bonds is 3. The van der Waals surface area contributed by atoms with Gasteiger partial charge >= 0.3 is 0 Å². The Kier molecular flexibility index (Phi) is 4.81. The van der Waals surface area contributed by atoms with Gasteiger partial charge < -0.3 is 9.47 Å². The van der Waals surface area contributed by atoms with E-state index in [1.807, 2.05) is 0 Å². The molecule has 182 valence electrons. The molecule has 0 spiro atoms. The van der Waals surface area contributed by atoms with Gasteiger partial charge in [-0.2, -0.15) is 0 Å². The first-order valence-corrected chi connectivity index (χ1v) is 13.6. The second kappa shape index (κ2) is 8.49. The lowest BCUT2D eigenvalue weighted by atomic mass is 9.82. The fraction of sp³-hybridized carbons (Fsp3) is 0.111. The average molecular weight is 489 g/mol. The van der Waals surface area contributed by atoms with Crippen LogP contribution in [0, 0.1) is 5.92 Å². The molecule has 0 saturated carbocycles. The van der Waals surface area contributed by atoms with Crippen molar-refractivity contribution in [3.8, 4) is 5.69 Å². The molecule has 0 radical (unpaired) electrons. The second-order valence-corrected chi connectivity index (χ2v) is 10.5. The van der Waals surface area contributed by atoms with Crippen molar-refractivity contribution in [1.82, 2.24) is 4.57 Å². The quantitative estimate of drug-likeness (QED) is 0.265. The summed E-state index contributed by atoms with van der Waals surface area (Å²) in [6, 6.07) is 39.6. The number of hydrogen-bond donors (Lipinski definition) is 0. The average Bonchev–Trinajstić information content (AvgIpc) is 3.50. The monoisotopic (exact) mass is 488 g/mol. The Balaban J connectivity index is 1.23. The molecule has 3 aliphatic rings. The van der Waals surface area contributed by atoms with Crippen molar-refractivity contribution in [3.05, 3.63) is 149 Å². The predicted octanol–water partition coefficient (Wildman–Crippen LogP) is 7.01. The Morgan fingerprint density at radius 2 is 1.37 bits per heavy atom. The third kappa shape index (κ3) is 3.20. The molecule has 2 heterocycles. The molecule has 0 saturated heterocycles. The van der Waals surface area contributed by atoms with Crippen LogP contribution in [0.25, 0.3) is 28.7 Å². The van der Waals surface area contributed by atoms with E-state index >= 15 is 0 Å². The number of nitrogens with zero attached hydrogens (tertiary/aromatic N) is 2. The summed E-state index contributed by atoms with van der Waals surface area (Å²) in [5.74, 6) is 0.722. The zero-order chi connectivity index (χ0) is 25.1. The molecule has 2 aliphatic carbocycles. The molecule has 5 aromatic rings. The number of aromatic nitrogens is 1. The normalized spacial score (nSPS) is 21.2. The number of hydrogen-bond acceptors (Lipinski definition) is 1. The standard InChI is InChI=1S/C36H28N2/c1-3-11-27(12-4-1)37-33-17-9-7-15-29(33)31-23-25(19-21-35(31)37)26-20-22-36-32(24-26)30-16-8-10-18-34(30)38(36)28-13-5-2-6-14-28/h1-19,21-24,26,31,35H,20H2. The van der Waals surface area contributed by atoms with E-state index in [0.29, 0.717) is 17.9 Å². The molecule has 0 bridgehead atoms. The molecule has 0 amide bonds. The van der Waals surface area contributed by atoms with E-state index in [1.54, 1.807) is 0 Å². The van der Waals surface area contributed by atoms with Gasteiger partial charge in [0, 0.05) is 44.9 Å². The minimum atomic E-state index is 0.307. The third-order valence-electron chi connectivity index (χ3n) is 8.44. The van der Waals surface area contributed by atoms with Crippen LogP contribution in [0.1, 0.15) is 17.9 Å². The SMILES string of the molecule is C1=CC2C(C=C1C1C=c3c(n(-c4ccccc4)c4ccccc34)=CC1)c1ccccc1N2c1ccccc1. The highest BCUT2D eigenvalue weighted by Gasteiger charge is 2.38. The molecule has 3 atom stereocenters. The fourth-order valence-corrected chi connectivity index (χ4v) is 6.76. The molecule has 0 fully saturated rings. The van der Waals surface area contributed by atoms with Crippen LogP contribution in [0.4, 0.5) is 11.4 Å². The van der Waals surface area contributed by atoms with Gasteiger partial charge in [0.25, 0.3) is 0 Å². The first kappa shape index (κ1) is 21.5. The minimum Gasteiger partial charge on any atom is -0.333 e. The van der Waals surface area contributed by atoms with Crippen LogP contribution in [0.5, 0.6) is 0 Å². The lowest BCUT2D eigenvalue weighted by molar-refractivity contribution is 0.716. The van der Waals surface area contributed by atoms with Crippen LogP contribution < -0.4 is 15.5 Å². The van der Waals surface area contributed by atoms with Crippen LogP contribution in [0.2, 0.25) is 0 Å². The van der Waals surface area contributed by atoms with E-state index in [2.05, 4.69) is 149 Å². The number of allylic oxidation sites excluding steroid dienone is 2. The highest BCUT2D eigenvalue weighted by Crippen LogP contribution is 2.48. The van der Waals surface area contributed by atoms with E-state index in [4.69, 9.17) is 0 Å². The van der Waals surface area contributed by atoms with Gasteiger partial charge in [-0.15, -0.1) is 0 Å². The van der Waals surface area contributed by atoms with Gasteiger partial charge in [-0.05, 0) is 54.0 Å². The predicted molar refractivity (Wildman–Crippen MR) is 158 cm³/mol. The Bertz CT molecular complexity index is 1860. The van der Waals surface area contributed by atoms with E-state index in [-0.39, 0.29) is 0 Å². The Morgan fingerprint density at radius 3 is 2.21 bits per heavy atom. The Morgan fingerprint density at radius 1 is 0.658 bits per heavy atom. The summed E-state index contributed by atoms with van der Waals surface area (Å²) in [6.45, 7) is 0. The summed E-state index contributed by atoms with van der Waals surface area (Å²) < 4.78 is 2.42. The fourth-order valence-electron chi connectivity index (χ4n) is 6.76. The molecule has 3 unspecified atom stereocenters. The maximum atomic E-state index is 2.54. The van der Waals surface area contributed by atoms with Gasteiger partial charge in [0.1, 0.15) is 0 Å². The molecular weight excluding hydrogens is 460 g/mol. The van der Waals surface area contributed by atoms with E-state index in [1.165, 1.54) is 49.7 Å². The number of anilines is 2. The van der Waals surface area contributed by atoms with Gasteiger partial charge in [0.2, 0.25) is 0 Å². The third-order valence-corrected chi connectivity index (χ3v) is 8.44. The number of fused-ring (bicyclic) bond motifs is 6. The molecule has 2 nitrogen and oxygen atoms in total. The highest BCUT2D eigenvalue weighted by atomic mass is 15.2. The van der Waals surface area contributed by atoms with Crippen molar-refractivity contribution in [1.29, 1.82) is 0 Å². The van der Waals surface area contributed by atoms with Crippen molar-refractivity contribution >= 4 is 34.4 Å². The molecule has 2 heteroatoms. The minimum absolute atomic E-state index is 0.307. The zero-order valence-corrected chi connectivity index (χ0v) is 21.1. The lowest BCUT2D eigenvalue weighted by Gasteiger charge is -2.30. The van der Waals surface area contributed by atoms with Gasteiger partial charge in [0.15, 0.2) is 0 Å². The molecular formula is C36H28N2. The highest BCUT2D eigenvalue weighted by molar-refractivity contribution is 5.85. The summed E-state index contributed by atoms with van der Waals surface area (Å²) in [6.07, 6.45) is 13.3. The largest absolute Gasteiger partial charge is 0.333 e. The van der Waals surface area contributed by atoms with Crippen LogP contribution in [-0.4, -0.2) is 10.6 Å². The molecule has 0 N–H and O–H groups in total. The Hall–Kier alpha value is -4.56. The lowest BCUT2D eigenvalue weighted by Crippen LogP contribution is -2.33. The summed E-state index contributed by atoms with van der Waals surface area (Å²) >= 11 is 0. The second-order valence-electron chi connectivity index (χ2n) is 10.5.